The molecule has 34 heavy (non-hydrogen) atoms. The summed E-state index contributed by atoms with van der Waals surface area (Å²) in [5, 5.41) is 3.24. The minimum absolute atomic E-state index is 0.0867. The SMILES string of the molecule is C[C@H](c1ccccc1)n1c(C(=O)N2CCN(Cc3ccc4c(c3)OCO4)CC2)cc2ccsc21. The van der Waals surface area contributed by atoms with Crippen LogP contribution >= 0.6 is 11.3 Å². The smallest absolute Gasteiger partial charge is 0.270 e. The zero-order chi connectivity index (χ0) is 23.1. The molecule has 0 aliphatic carbocycles. The molecule has 0 saturated carbocycles. The normalized spacial score (nSPS) is 16.8. The summed E-state index contributed by atoms with van der Waals surface area (Å²) in [5.74, 6) is 1.75. The van der Waals surface area contributed by atoms with Crippen molar-refractivity contribution in [2.24, 2.45) is 0 Å². The lowest BCUT2D eigenvalue weighted by atomic mass is 10.1. The molecule has 0 radical (unpaired) electrons. The summed E-state index contributed by atoms with van der Waals surface area (Å²) in [6, 6.07) is 20.8. The molecule has 2 aromatic heterocycles. The maximum Gasteiger partial charge on any atom is 0.270 e. The van der Waals surface area contributed by atoms with Gasteiger partial charge in [-0.25, -0.2) is 0 Å². The van der Waals surface area contributed by atoms with Crippen molar-refractivity contribution in [3.8, 4) is 11.5 Å². The van der Waals surface area contributed by atoms with E-state index in [-0.39, 0.29) is 11.9 Å². The van der Waals surface area contributed by atoms with Crippen molar-refractivity contribution in [1.82, 2.24) is 14.4 Å². The fraction of sp³-hybridized carbons (Fsp3) is 0.296. The van der Waals surface area contributed by atoms with Crippen molar-refractivity contribution in [2.75, 3.05) is 33.0 Å². The zero-order valence-corrected chi connectivity index (χ0v) is 20.0. The van der Waals surface area contributed by atoms with E-state index in [0.29, 0.717) is 6.79 Å². The largest absolute Gasteiger partial charge is 0.454 e. The number of piperazine rings is 1. The average Bonchev–Trinajstić information content (AvgIpc) is 3.60. The van der Waals surface area contributed by atoms with Gasteiger partial charge in [0.15, 0.2) is 11.5 Å². The van der Waals surface area contributed by atoms with Gasteiger partial charge in [-0.05, 0) is 47.7 Å². The van der Waals surface area contributed by atoms with Crippen molar-refractivity contribution < 1.29 is 14.3 Å². The molecule has 7 heteroatoms. The highest BCUT2D eigenvalue weighted by Crippen LogP contribution is 2.34. The van der Waals surface area contributed by atoms with E-state index in [2.05, 4.69) is 70.3 Å². The lowest BCUT2D eigenvalue weighted by Gasteiger charge is -2.35. The van der Waals surface area contributed by atoms with Gasteiger partial charge in [-0.2, -0.15) is 0 Å². The predicted molar refractivity (Wildman–Crippen MR) is 134 cm³/mol. The van der Waals surface area contributed by atoms with E-state index in [1.165, 1.54) is 11.1 Å². The number of thiophene rings is 1. The van der Waals surface area contributed by atoms with Crippen LogP contribution in [0, 0.1) is 0 Å². The highest BCUT2D eigenvalue weighted by atomic mass is 32.1. The third-order valence-corrected chi connectivity index (χ3v) is 7.76. The average molecular weight is 474 g/mol. The number of nitrogens with zero attached hydrogens (tertiary/aromatic N) is 3. The molecule has 0 N–H and O–H groups in total. The summed E-state index contributed by atoms with van der Waals surface area (Å²) in [4.78, 5) is 19.2. The Balaban J connectivity index is 1.18. The first kappa shape index (κ1) is 21.3. The minimum atomic E-state index is 0.0867. The molecular formula is C27H27N3O3S. The van der Waals surface area contributed by atoms with E-state index >= 15 is 0 Å². The molecule has 1 atom stereocenters. The van der Waals surface area contributed by atoms with Gasteiger partial charge in [0.25, 0.3) is 5.91 Å². The van der Waals surface area contributed by atoms with Crippen LogP contribution in [-0.4, -0.2) is 53.2 Å². The van der Waals surface area contributed by atoms with Crippen LogP contribution in [-0.2, 0) is 6.54 Å². The number of fused-ring (bicyclic) bond motifs is 2. The molecule has 1 amide bonds. The Kier molecular flexibility index (Phi) is 5.51. The molecule has 0 spiro atoms. The standard InChI is InChI=1S/C27H27N3O3S/c1-19(21-5-3-2-4-6-21)30-23(16-22-9-14-34-27(22)30)26(31)29-12-10-28(11-13-29)17-20-7-8-24-25(15-20)33-18-32-24/h2-9,14-16,19H,10-13,17-18H2,1H3/t19-/m1/s1. The van der Waals surface area contributed by atoms with Crippen LogP contribution in [0.5, 0.6) is 11.5 Å². The summed E-state index contributed by atoms with van der Waals surface area (Å²) >= 11 is 1.70. The van der Waals surface area contributed by atoms with E-state index in [1.807, 2.05) is 17.0 Å². The quantitative estimate of drug-likeness (QED) is 0.409. The number of hydrogen-bond donors (Lipinski definition) is 0. The summed E-state index contributed by atoms with van der Waals surface area (Å²) in [6.45, 7) is 6.46. The van der Waals surface area contributed by atoms with Gasteiger partial charge in [-0.3, -0.25) is 9.69 Å². The fourth-order valence-corrected chi connectivity index (χ4v) is 5.92. The Bertz CT molecular complexity index is 1320. The maximum absolute atomic E-state index is 13.7. The van der Waals surface area contributed by atoms with E-state index in [1.54, 1.807) is 11.3 Å². The van der Waals surface area contributed by atoms with Crippen molar-refractivity contribution in [1.29, 1.82) is 0 Å². The number of hydrogen-bond acceptors (Lipinski definition) is 5. The number of aromatic nitrogens is 1. The Morgan fingerprint density at radius 2 is 1.76 bits per heavy atom. The predicted octanol–water partition coefficient (Wildman–Crippen LogP) is 5.00. The van der Waals surface area contributed by atoms with Crippen molar-refractivity contribution in [2.45, 2.75) is 19.5 Å². The van der Waals surface area contributed by atoms with Gasteiger partial charge in [0, 0.05) is 38.1 Å². The molecule has 0 bridgehead atoms. The molecule has 1 fully saturated rings. The number of carbonyl (C=O) groups is 1. The summed E-state index contributed by atoms with van der Waals surface area (Å²) < 4.78 is 13.1. The maximum atomic E-state index is 13.7. The number of benzene rings is 2. The summed E-state index contributed by atoms with van der Waals surface area (Å²) in [6.07, 6.45) is 0. The number of rotatable bonds is 5. The zero-order valence-electron chi connectivity index (χ0n) is 19.1. The van der Waals surface area contributed by atoms with Crippen LogP contribution in [0.3, 0.4) is 0 Å². The third kappa shape index (κ3) is 3.85. The molecule has 2 aliphatic rings. The molecule has 6 rings (SSSR count). The second-order valence-corrected chi connectivity index (χ2v) is 9.82. The Hall–Kier alpha value is -3.29. The monoisotopic (exact) mass is 473 g/mol. The summed E-state index contributed by atoms with van der Waals surface area (Å²) in [5.41, 5.74) is 3.19. The van der Waals surface area contributed by atoms with Gasteiger partial charge >= 0.3 is 0 Å². The first-order valence-electron chi connectivity index (χ1n) is 11.7. The molecule has 2 aliphatic heterocycles. The first-order chi connectivity index (χ1) is 16.7. The second kappa shape index (κ2) is 8.81. The lowest BCUT2D eigenvalue weighted by Crippen LogP contribution is -2.48. The van der Waals surface area contributed by atoms with Gasteiger partial charge in [-0.15, -0.1) is 11.3 Å². The van der Waals surface area contributed by atoms with Crippen LogP contribution in [0.25, 0.3) is 10.2 Å². The van der Waals surface area contributed by atoms with Crippen LogP contribution < -0.4 is 9.47 Å². The molecule has 4 aromatic rings. The highest BCUT2D eigenvalue weighted by Gasteiger charge is 2.28. The Labute approximate surface area is 202 Å². The molecule has 2 aromatic carbocycles. The summed E-state index contributed by atoms with van der Waals surface area (Å²) in [7, 11) is 0. The Morgan fingerprint density at radius 1 is 0.971 bits per heavy atom. The van der Waals surface area contributed by atoms with E-state index in [9.17, 15) is 4.79 Å². The van der Waals surface area contributed by atoms with Gasteiger partial charge in [0.1, 0.15) is 10.5 Å². The molecular weight excluding hydrogens is 446 g/mol. The van der Waals surface area contributed by atoms with Gasteiger partial charge in [-0.1, -0.05) is 36.4 Å². The van der Waals surface area contributed by atoms with Gasteiger partial charge < -0.3 is 18.9 Å². The van der Waals surface area contributed by atoms with Crippen molar-refractivity contribution >= 4 is 27.5 Å². The highest BCUT2D eigenvalue weighted by molar-refractivity contribution is 7.16. The lowest BCUT2D eigenvalue weighted by molar-refractivity contribution is 0.0617. The van der Waals surface area contributed by atoms with Crippen molar-refractivity contribution in [3.05, 3.63) is 82.9 Å². The molecule has 6 nitrogen and oxygen atoms in total. The number of carbonyl (C=O) groups excluding carboxylic acids is 1. The van der Waals surface area contributed by atoms with Crippen LogP contribution in [0.1, 0.15) is 34.6 Å². The third-order valence-electron chi connectivity index (χ3n) is 6.84. The van der Waals surface area contributed by atoms with E-state index < -0.39 is 0 Å². The minimum Gasteiger partial charge on any atom is -0.454 e. The van der Waals surface area contributed by atoms with Crippen LogP contribution in [0.4, 0.5) is 0 Å². The molecule has 0 unspecified atom stereocenters. The van der Waals surface area contributed by atoms with E-state index in [0.717, 1.165) is 60.1 Å². The first-order valence-corrected chi connectivity index (χ1v) is 12.6. The topological polar surface area (TPSA) is 46.9 Å². The van der Waals surface area contributed by atoms with E-state index in [4.69, 9.17) is 9.47 Å². The molecule has 174 valence electrons. The number of amides is 1. The van der Waals surface area contributed by atoms with Crippen molar-refractivity contribution in [3.63, 3.8) is 0 Å². The fourth-order valence-electron chi connectivity index (χ4n) is 4.94. The van der Waals surface area contributed by atoms with Crippen LogP contribution in [0.2, 0.25) is 0 Å². The number of ether oxygens (including phenoxy) is 2. The van der Waals surface area contributed by atoms with Crippen LogP contribution in [0.15, 0.2) is 66.0 Å². The molecule has 4 heterocycles. The second-order valence-electron chi connectivity index (χ2n) is 8.92. The molecule has 1 saturated heterocycles. The van der Waals surface area contributed by atoms with Gasteiger partial charge in [0.2, 0.25) is 6.79 Å². The Morgan fingerprint density at radius 3 is 2.59 bits per heavy atom. The van der Waals surface area contributed by atoms with Gasteiger partial charge in [0.05, 0.1) is 6.04 Å².